The van der Waals surface area contributed by atoms with Gasteiger partial charge in [0, 0.05) is 45.1 Å². The summed E-state index contributed by atoms with van der Waals surface area (Å²) in [5, 5.41) is 2.86. The van der Waals surface area contributed by atoms with Crippen LogP contribution in [0.1, 0.15) is 45.4 Å². The molecule has 0 aliphatic carbocycles. The van der Waals surface area contributed by atoms with Crippen LogP contribution in [0, 0.1) is 11.8 Å². The van der Waals surface area contributed by atoms with Crippen LogP contribution in [0.3, 0.4) is 0 Å². The molecule has 0 saturated carbocycles. The Balaban J connectivity index is 1.70. The molecule has 166 valence electrons. The molecule has 2 aliphatic heterocycles. The van der Waals surface area contributed by atoms with Crippen LogP contribution in [0.15, 0.2) is 35.2 Å². The Bertz CT molecular complexity index is 820. The van der Waals surface area contributed by atoms with Gasteiger partial charge in [-0.3, -0.25) is 9.59 Å². The van der Waals surface area contributed by atoms with Crippen molar-refractivity contribution in [3.63, 3.8) is 0 Å². The molecule has 1 N–H and O–H groups in total. The zero-order valence-corrected chi connectivity index (χ0v) is 18.6. The summed E-state index contributed by atoms with van der Waals surface area (Å²) in [6.07, 6.45) is 4.00. The maximum absolute atomic E-state index is 13.1. The Labute approximate surface area is 179 Å². The first-order chi connectivity index (χ1) is 14.4. The van der Waals surface area contributed by atoms with Crippen LogP contribution in [-0.2, 0) is 19.6 Å². The molecular weight excluding hydrogens is 402 g/mol. The summed E-state index contributed by atoms with van der Waals surface area (Å²) in [5.74, 6) is 0.437. The average Bonchev–Trinajstić information content (AvgIpc) is 2.79. The van der Waals surface area contributed by atoms with Gasteiger partial charge in [-0.05, 0) is 50.2 Å². The smallest absolute Gasteiger partial charge is 0.243 e. The average molecular weight is 436 g/mol. The largest absolute Gasteiger partial charge is 0.356 e. The van der Waals surface area contributed by atoms with E-state index in [0.717, 1.165) is 25.9 Å². The van der Waals surface area contributed by atoms with E-state index in [9.17, 15) is 18.0 Å². The molecular formula is C22H33N3O4S. The lowest BCUT2D eigenvalue weighted by Crippen LogP contribution is -2.42. The molecule has 2 saturated heterocycles. The Hall–Kier alpha value is -1.93. The lowest BCUT2D eigenvalue weighted by molar-refractivity contribution is -0.137. The number of hydrogen-bond acceptors (Lipinski definition) is 4. The minimum absolute atomic E-state index is 0.120. The van der Waals surface area contributed by atoms with Crippen molar-refractivity contribution < 1.29 is 18.0 Å². The second kappa shape index (κ2) is 10.4. The molecule has 0 bridgehead atoms. The number of nitrogens with zero attached hydrogens (tertiary/aromatic N) is 2. The van der Waals surface area contributed by atoms with Crippen LogP contribution in [-0.4, -0.2) is 62.2 Å². The minimum Gasteiger partial charge on any atom is -0.356 e. The van der Waals surface area contributed by atoms with Crippen molar-refractivity contribution in [1.29, 1.82) is 0 Å². The second-order valence-corrected chi connectivity index (χ2v) is 10.4. The standard InChI is InChI=1S/C22H33N3O4S/c1-18-10-15-24(16-11-18)22(27)19-6-5-14-25(17-12-21(26)23-13-9-19)30(28,29)20-7-3-2-4-8-20/h2-4,7-8,18-19H,5-6,9-17H2,1H3,(H,23,26). The predicted molar refractivity (Wildman–Crippen MR) is 115 cm³/mol. The third-order valence-electron chi connectivity index (χ3n) is 6.19. The summed E-state index contributed by atoms with van der Waals surface area (Å²) in [7, 11) is -3.67. The predicted octanol–water partition coefficient (Wildman–Crippen LogP) is 2.24. The summed E-state index contributed by atoms with van der Waals surface area (Å²) in [6.45, 7) is 4.70. The molecule has 0 spiro atoms. The molecule has 1 aromatic rings. The Morgan fingerprint density at radius 2 is 1.70 bits per heavy atom. The Kier molecular flexibility index (Phi) is 7.88. The van der Waals surface area contributed by atoms with E-state index in [2.05, 4.69) is 12.2 Å². The van der Waals surface area contributed by atoms with E-state index in [1.54, 1.807) is 30.3 Å². The van der Waals surface area contributed by atoms with Crippen molar-refractivity contribution in [3.8, 4) is 0 Å². The number of nitrogens with one attached hydrogen (secondary N) is 1. The van der Waals surface area contributed by atoms with Crippen molar-refractivity contribution in [3.05, 3.63) is 30.3 Å². The van der Waals surface area contributed by atoms with Gasteiger partial charge in [-0.15, -0.1) is 0 Å². The molecule has 0 aromatic heterocycles. The van der Waals surface area contributed by atoms with Crippen LogP contribution in [0.25, 0.3) is 0 Å². The molecule has 30 heavy (non-hydrogen) atoms. The van der Waals surface area contributed by atoms with Gasteiger partial charge in [-0.25, -0.2) is 8.42 Å². The van der Waals surface area contributed by atoms with Gasteiger partial charge in [0.1, 0.15) is 0 Å². The first-order valence-corrected chi connectivity index (χ1v) is 12.4. The fourth-order valence-corrected chi connectivity index (χ4v) is 5.69. The summed E-state index contributed by atoms with van der Waals surface area (Å²) >= 11 is 0. The van der Waals surface area contributed by atoms with Gasteiger partial charge in [0.15, 0.2) is 0 Å². The third kappa shape index (κ3) is 5.82. The van der Waals surface area contributed by atoms with E-state index < -0.39 is 10.0 Å². The number of amides is 2. The zero-order chi connectivity index (χ0) is 21.6. The third-order valence-corrected chi connectivity index (χ3v) is 8.10. The zero-order valence-electron chi connectivity index (χ0n) is 17.8. The van der Waals surface area contributed by atoms with Crippen molar-refractivity contribution in [1.82, 2.24) is 14.5 Å². The quantitative estimate of drug-likeness (QED) is 0.789. The van der Waals surface area contributed by atoms with E-state index in [-0.39, 0.29) is 35.6 Å². The number of hydrogen-bond donors (Lipinski definition) is 1. The topological polar surface area (TPSA) is 86.8 Å². The summed E-state index contributed by atoms with van der Waals surface area (Å²) in [4.78, 5) is 27.5. The fourth-order valence-electron chi connectivity index (χ4n) is 4.19. The fraction of sp³-hybridized carbons (Fsp3) is 0.636. The molecule has 2 aliphatic rings. The number of carbonyl (C=O) groups excluding carboxylic acids is 2. The number of carbonyl (C=O) groups is 2. The summed E-state index contributed by atoms with van der Waals surface area (Å²) in [6, 6.07) is 8.31. The van der Waals surface area contributed by atoms with E-state index in [1.165, 1.54) is 4.31 Å². The van der Waals surface area contributed by atoms with E-state index in [4.69, 9.17) is 0 Å². The SMILES string of the molecule is CC1CCN(C(=O)C2CCCN(S(=O)(=O)c3ccccc3)CCC(=O)NCC2)CC1. The van der Waals surface area contributed by atoms with E-state index in [1.807, 2.05) is 4.90 Å². The van der Waals surface area contributed by atoms with Crippen LogP contribution >= 0.6 is 0 Å². The molecule has 8 heteroatoms. The van der Waals surface area contributed by atoms with Crippen molar-refractivity contribution >= 4 is 21.8 Å². The molecule has 1 aromatic carbocycles. The summed E-state index contributed by atoms with van der Waals surface area (Å²) < 4.78 is 27.5. The Morgan fingerprint density at radius 1 is 1.00 bits per heavy atom. The minimum atomic E-state index is -3.67. The Morgan fingerprint density at radius 3 is 2.40 bits per heavy atom. The van der Waals surface area contributed by atoms with E-state index in [0.29, 0.717) is 38.3 Å². The van der Waals surface area contributed by atoms with Crippen molar-refractivity contribution in [2.75, 3.05) is 32.7 Å². The molecule has 2 heterocycles. The molecule has 2 fully saturated rings. The maximum atomic E-state index is 13.1. The highest BCUT2D eigenvalue weighted by atomic mass is 32.2. The first kappa shape index (κ1) is 22.7. The van der Waals surface area contributed by atoms with Crippen LogP contribution in [0.2, 0.25) is 0 Å². The summed E-state index contributed by atoms with van der Waals surface area (Å²) in [5.41, 5.74) is 0. The first-order valence-electron chi connectivity index (χ1n) is 11.0. The van der Waals surface area contributed by atoms with Gasteiger partial charge in [0.05, 0.1) is 4.90 Å². The molecule has 1 unspecified atom stereocenters. The molecule has 0 radical (unpaired) electrons. The van der Waals surface area contributed by atoms with Gasteiger partial charge in [-0.2, -0.15) is 4.31 Å². The molecule has 2 amide bonds. The highest BCUT2D eigenvalue weighted by molar-refractivity contribution is 7.89. The lowest BCUT2D eigenvalue weighted by atomic mass is 9.94. The van der Waals surface area contributed by atoms with Gasteiger partial charge in [-0.1, -0.05) is 25.1 Å². The van der Waals surface area contributed by atoms with E-state index >= 15 is 0 Å². The van der Waals surface area contributed by atoms with Crippen molar-refractivity contribution in [2.45, 2.75) is 50.3 Å². The van der Waals surface area contributed by atoms with Crippen LogP contribution < -0.4 is 5.32 Å². The number of sulfonamides is 1. The maximum Gasteiger partial charge on any atom is 0.243 e. The van der Waals surface area contributed by atoms with Crippen LogP contribution in [0.4, 0.5) is 0 Å². The molecule has 7 nitrogen and oxygen atoms in total. The highest BCUT2D eigenvalue weighted by Crippen LogP contribution is 2.23. The van der Waals surface area contributed by atoms with Gasteiger partial charge in [0.2, 0.25) is 21.8 Å². The highest BCUT2D eigenvalue weighted by Gasteiger charge is 2.29. The van der Waals surface area contributed by atoms with Gasteiger partial charge < -0.3 is 10.2 Å². The van der Waals surface area contributed by atoms with Gasteiger partial charge >= 0.3 is 0 Å². The number of benzene rings is 1. The lowest BCUT2D eigenvalue weighted by Gasteiger charge is -2.33. The second-order valence-electron chi connectivity index (χ2n) is 8.45. The molecule has 1 atom stereocenters. The van der Waals surface area contributed by atoms with Gasteiger partial charge in [0.25, 0.3) is 0 Å². The number of likely N-dealkylation sites (tertiary alicyclic amines) is 1. The molecule has 3 rings (SSSR count). The number of piperidine rings is 1. The number of rotatable bonds is 3. The van der Waals surface area contributed by atoms with Crippen molar-refractivity contribution in [2.24, 2.45) is 11.8 Å². The van der Waals surface area contributed by atoms with Crippen LogP contribution in [0.5, 0.6) is 0 Å². The monoisotopic (exact) mass is 435 g/mol. The normalized spacial score (nSPS) is 23.4.